The number of hydrogen-bond donors (Lipinski definition) is 1. The van der Waals surface area contributed by atoms with Crippen LogP contribution < -0.4 is 4.72 Å². The first-order valence-corrected chi connectivity index (χ1v) is 3.62. The maximum absolute atomic E-state index is 10.3. The number of carbonyl (C=O) groups excluding carboxylic acids is 1. The molecule has 8 heavy (non-hydrogen) atoms. The lowest BCUT2D eigenvalue weighted by Gasteiger charge is -1.91. The average Bonchev–Trinajstić information content (AvgIpc) is 1.67. The van der Waals surface area contributed by atoms with E-state index in [9.17, 15) is 13.2 Å². The third-order valence-corrected chi connectivity index (χ3v) is 1.80. The minimum absolute atomic E-state index is 0.339. The Bertz CT molecular complexity index is 159. The molecule has 1 N–H and O–H groups in total. The quantitative estimate of drug-likeness (QED) is 0.493. The van der Waals surface area contributed by atoms with Crippen LogP contribution in [0.4, 0.5) is 0 Å². The first-order chi connectivity index (χ1) is 3.62. The molecule has 0 heterocycles. The molecule has 0 aliphatic carbocycles. The summed E-state index contributed by atoms with van der Waals surface area (Å²) < 4.78 is 22.5. The van der Waals surface area contributed by atoms with Crippen molar-refractivity contribution >= 4 is 16.3 Å². The third kappa shape index (κ3) is 2.70. The van der Waals surface area contributed by atoms with Gasteiger partial charge in [-0.1, -0.05) is 0 Å². The highest BCUT2D eigenvalue weighted by molar-refractivity contribution is 7.90. The average molecular weight is 137 g/mol. The fourth-order valence-corrected chi connectivity index (χ4v) is 0.519. The van der Waals surface area contributed by atoms with E-state index < -0.39 is 15.8 Å². The standard InChI is InChI=1S/C3H7NO3S/c1-4-8(6,7)3-2-5/h2,4H,3H2,1H3. The van der Waals surface area contributed by atoms with E-state index in [1.54, 1.807) is 0 Å². The number of carbonyl (C=O) groups is 1. The third-order valence-electron chi connectivity index (χ3n) is 0.598. The molecule has 0 bridgehead atoms. The topological polar surface area (TPSA) is 63.2 Å². The monoisotopic (exact) mass is 137 g/mol. The van der Waals surface area contributed by atoms with E-state index in [0.29, 0.717) is 6.29 Å². The predicted molar refractivity (Wildman–Crippen MR) is 28.9 cm³/mol. The first kappa shape index (κ1) is 7.58. The van der Waals surface area contributed by atoms with Gasteiger partial charge in [-0.05, 0) is 7.05 Å². The fraction of sp³-hybridized carbons (Fsp3) is 0.667. The maximum atomic E-state index is 10.3. The minimum Gasteiger partial charge on any atom is -0.302 e. The van der Waals surface area contributed by atoms with Crippen molar-refractivity contribution in [2.24, 2.45) is 0 Å². The second-order valence-electron chi connectivity index (χ2n) is 1.15. The summed E-state index contributed by atoms with van der Waals surface area (Å²) in [6.07, 6.45) is 0.339. The molecule has 0 aliphatic rings. The van der Waals surface area contributed by atoms with Gasteiger partial charge in [0.1, 0.15) is 12.0 Å². The second kappa shape index (κ2) is 2.78. The van der Waals surface area contributed by atoms with E-state index in [1.165, 1.54) is 7.05 Å². The maximum Gasteiger partial charge on any atom is 0.218 e. The Morgan fingerprint density at radius 3 is 2.25 bits per heavy atom. The first-order valence-electron chi connectivity index (χ1n) is 1.97. The van der Waals surface area contributed by atoms with E-state index >= 15 is 0 Å². The number of hydrogen-bond acceptors (Lipinski definition) is 3. The zero-order valence-electron chi connectivity index (χ0n) is 4.42. The SMILES string of the molecule is CNS(=O)(=O)CC=O. The summed E-state index contributed by atoms with van der Waals surface area (Å²) in [6, 6.07) is 0. The van der Waals surface area contributed by atoms with Gasteiger partial charge in [0.25, 0.3) is 0 Å². The van der Waals surface area contributed by atoms with Crippen LogP contribution in [0.2, 0.25) is 0 Å². The van der Waals surface area contributed by atoms with Crippen LogP contribution in [0.25, 0.3) is 0 Å². The largest absolute Gasteiger partial charge is 0.302 e. The molecule has 0 rings (SSSR count). The molecular formula is C3H7NO3S. The van der Waals surface area contributed by atoms with Gasteiger partial charge in [-0.2, -0.15) is 0 Å². The lowest BCUT2D eigenvalue weighted by molar-refractivity contribution is -0.105. The van der Waals surface area contributed by atoms with Crippen LogP contribution in [0, 0.1) is 0 Å². The summed E-state index contributed by atoms with van der Waals surface area (Å²) in [4.78, 5) is 9.56. The molecule has 0 amide bonds. The molecule has 0 atom stereocenters. The number of nitrogens with one attached hydrogen (secondary N) is 1. The van der Waals surface area contributed by atoms with Gasteiger partial charge in [-0.3, -0.25) is 0 Å². The molecule has 0 radical (unpaired) electrons. The van der Waals surface area contributed by atoms with Crippen LogP contribution in [-0.2, 0) is 14.8 Å². The molecule has 0 spiro atoms. The van der Waals surface area contributed by atoms with Gasteiger partial charge in [0, 0.05) is 0 Å². The van der Waals surface area contributed by atoms with Gasteiger partial charge in [-0.15, -0.1) is 0 Å². The van der Waals surface area contributed by atoms with Crippen LogP contribution in [0.3, 0.4) is 0 Å². The van der Waals surface area contributed by atoms with Crippen molar-refractivity contribution in [2.75, 3.05) is 12.8 Å². The molecule has 5 heteroatoms. The Hall–Kier alpha value is -0.420. The van der Waals surface area contributed by atoms with Gasteiger partial charge in [0.2, 0.25) is 10.0 Å². The van der Waals surface area contributed by atoms with E-state index in [4.69, 9.17) is 0 Å². The Kier molecular flexibility index (Phi) is 2.64. The highest BCUT2D eigenvalue weighted by Crippen LogP contribution is 1.74. The summed E-state index contributed by atoms with van der Waals surface area (Å²) in [5, 5.41) is 0. The van der Waals surface area contributed by atoms with Gasteiger partial charge in [0.15, 0.2) is 0 Å². The Balaban J connectivity index is 3.94. The molecular weight excluding hydrogens is 130 g/mol. The lowest BCUT2D eigenvalue weighted by atomic mass is 10.9. The van der Waals surface area contributed by atoms with E-state index in [1.807, 2.05) is 4.72 Å². The highest BCUT2D eigenvalue weighted by atomic mass is 32.2. The molecule has 0 aromatic carbocycles. The van der Waals surface area contributed by atoms with Crippen molar-refractivity contribution in [1.82, 2.24) is 4.72 Å². The summed E-state index contributed by atoms with van der Waals surface area (Å²) >= 11 is 0. The molecule has 0 aromatic heterocycles. The molecule has 0 fully saturated rings. The summed E-state index contributed by atoms with van der Waals surface area (Å²) in [7, 11) is -2.02. The second-order valence-corrected chi connectivity index (χ2v) is 3.12. The number of sulfonamides is 1. The van der Waals surface area contributed by atoms with Gasteiger partial charge >= 0.3 is 0 Å². The van der Waals surface area contributed by atoms with Crippen molar-refractivity contribution < 1.29 is 13.2 Å². The van der Waals surface area contributed by atoms with Crippen molar-refractivity contribution in [1.29, 1.82) is 0 Å². The zero-order valence-corrected chi connectivity index (χ0v) is 5.23. The van der Waals surface area contributed by atoms with E-state index in [0.717, 1.165) is 0 Å². The molecule has 48 valence electrons. The highest BCUT2D eigenvalue weighted by Gasteiger charge is 2.02. The molecule has 0 aliphatic heterocycles. The fourth-order valence-electron chi connectivity index (χ4n) is 0.173. The smallest absolute Gasteiger partial charge is 0.218 e. The van der Waals surface area contributed by atoms with Crippen molar-refractivity contribution in [3.05, 3.63) is 0 Å². The lowest BCUT2D eigenvalue weighted by Crippen LogP contribution is -2.22. The van der Waals surface area contributed by atoms with Gasteiger partial charge < -0.3 is 4.79 Å². The van der Waals surface area contributed by atoms with Crippen LogP contribution in [0.1, 0.15) is 0 Å². The molecule has 0 unspecified atom stereocenters. The molecule has 0 saturated carbocycles. The predicted octanol–water partition coefficient (Wildman–Crippen LogP) is -1.27. The van der Waals surface area contributed by atoms with Gasteiger partial charge in [0.05, 0.1) is 0 Å². The Labute approximate surface area is 47.9 Å². The number of aldehydes is 1. The van der Waals surface area contributed by atoms with Gasteiger partial charge in [-0.25, -0.2) is 13.1 Å². The molecule has 4 nitrogen and oxygen atoms in total. The minimum atomic E-state index is -3.29. The van der Waals surface area contributed by atoms with E-state index in [2.05, 4.69) is 0 Å². The summed E-state index contributed by atoms with van der Waals surface area (Å²) in [5.74, 6) is -0.455. The van der Waals surface area contributed by atoms with Crippen LogP contribution in [0.15, 0.2) is 0 Å². The number of rotatable bonds is 3. The van der Waals surface area contributed by atoms with Crippen LogP contribution >= 0.6 is 0 Å². The Morgan fingerprint density at radius 2 is 2.12 bits per heavy atom. The van der Waals surface area contributed by atoms with Crippen molar-refractivity contribution in [3.8, 4) is 0 Å². The van der Waals surface area contributed by atoms with E-state index in [-0.39, 0.29) is 0 Å². The van der Waals surface area contributed by atoms with Crippen molar-refractivity contribution in [3.63, 3.8) is 0 Å². The molecule has 0 aromatic rings. The Morgan fingerprint density at radius 1 is 1.62 bits per heavy atom. The van der Waals surface area contributed by atoms with Crippen LogP contribution in [0.5, 0.6) is 0 Å². The zero-order chi connectivity index (χ0) is 6.62. The van der Waals surface area contributed by atoms with Crippen molar-refractivity contribution in [2.45, 2.75) is 0 Å². The van der Waals surface area contributed by atoms with Crippen LogP contribution in [-0.4, -0.2) is 27.5 Å². The summed E-state index contributed by atoms with van der Waals surface area (Å²) in [5.41, 5.74) is 0. The summed E-state index contributed by atoms with van der Waals surface area (Å²) in [6.45, 7) is 0. The normalized spacial score (nSPS) is 11.1. The molecule has 0 saturated heterocycles.